The first-order valence-corrected chi connectivity index (χ1v) is 7.30. The highest BCUT2D eigenvalue weighted by atomic mass is 16.7. The number of carbonyl (C=O) groups is 1. The Labute approximate surface area is 142 Å². The second-order valence-corrected chi connectivity index (χ2v) is 5.33. The standard InChI is InChI=1S/C15H20O10/c1-22-8-4-6(3-7(17)13(8)23-2)14(21)25-15-12(20)11(19)10(18)9(5-16)24-15/h3-4,9-12,15-20H,5H2,1-2H3/t9-,10+,11+,12-,15-/m0/s1. The molecule has 1 aromatic carbocycles. The predicted octanol–water partition coefficient (Wildman–Crippen LogP) is -1.63. The van der Waals surface area contributed by atoms with Crippen molar-refractivity contribution in [3.8, 4) is 17.2 Å². The van der Waals surface area contributed by atoms with Crippen molar-refractivity contribution in [3.05, 3.63) is 17.7 Å². The van der Waals surface area contributed by atoms with Crippen molar-refractivity contribution in [1.82, 2.24) is 0 Å². The van der Waals surface area contributed by atoms with Crippen LogP contribution in [0.25, 0.3) is 0 Å². The highest BCUT2D eigenvalue weighted by molar-refractivity contribution is 5.91. The predicted molar refractivity (Wildman–Crippen MR) is 80.4 cm³/mol. The summed E-state index contributed by atoms with van der Waals surface area (Å²) in [5.41, 5.74) is -0.132. The zero-order chi connectivity index (χ0) is 18.7. The average Bonchev–Trinajstić information content (AvgIpc) is 2.61. The highest BCUT2D eigenvalue weighted by Crippen LogP contribution is 2.37. The number of aliphatic hydroxyl groups excluding tert-OH is 4. The maximum Gasteiger partial charge on any atom is 0.340 e. The molecule has 0 aromatic heterocycles. The molecule has 1 saturated heterocycles. The van der Waals surface area contributed by atoms with Gasteiger partial charge in [-0.25, -0.2) is 4.79 Å². The van der Waals surface area contributed by atoms with Crippen LogP contribution in [-0.2, 0) is 9.47 Å². The van der Waals surface area contributed by atoms with Crippen LogP contribution in [0.2, 0.25) is 0 Å². The van der Waals surface area contributed by atoms with Crippen LogP contribution in [0.4, 0.5) is 0 Å². The van der Waals surface area contributed by atoms with Gasteiger partial charge in [0.05, 0.1) is 26.4 Å². The maximum atomic E-state index is 12.2. The smallest absolute Gasteiger partial charge is 0.340 e. The van der Waals surface area contributed by atoms with Gasteiger partial charge in [-0.2, -0.15) is 0 Å². The van der Waals surface area contributed by atoms with E-state index < -0.39 is 43.3 Å². The first-order chi connectivity index (χ1) is 11.8. The van der Waals surface area contributed by atoms with Gasteiger partial charge in [0.1, 0.15) is 24.4 Å². The van der Waals surface area contributed by atoms with Crippen molar-refractivity contribution in [2.75, 3.05) is 20.8 Å². The van der Waals surface area contributed by atoms with E-state index in [1.807, 2.05) is 0 Å². The lowest BCUT2D eigenvalue weighted by atomic mass is 9.99. The molecule has 1 aromatic rings. The zero-order valence-corrected chi connectivity index (χ0v) is 13.5. The lowest BCUT2D eigenvalue weighted by Gasteiger charge is -2.39. The van der Waals surface area contributed by atoms with Gasteiger partial charge >= 0.3 is 5.97 Å². The molecule has 0 saturated carbocycles. The van der Waals surface area contributed by atoms with Gasteiger partial charge in [0, 0.05) is 0 Å². The van der Waals surface area contributed by atoms with Crippen LogP contribution in [0.3, 0.4) is 0 Å². The average molecular weight is 360 g/mol. The highest BCUT2D eigenvalue weighted by Gasteiger charge is 2.45. The topological polar surface area (TPSA) is 155 Å². The third-order valence-electron chi connectivity index (χ3n) is 3.77. The Morgan fingerprint density at radius 1 is 1.12 bits per heavy atom. The number of phenolic OH excluding ortho intramolecular Hbond substituents is 1. The van der Waals surface area contributed by atoms with E-state index in [2.05, 4.69) is 0 Å². The molecule has 0 radical (unpaired) electrons. The largest absolute Gasteiger partial charge is 0.504 e. The van der Waals surface area contributed by atoms with Crippen molar-refractivity contribution in [2.45, 2.75) is 30.7 Å². The van der Waals surface area contributed by atoms with E-state index in [9.17, 15) is 25.2 Å². The third kappa shape index (κ3) is 3.78. The zero-order valence-electron chi connectivity index (χ0n) is 13.5. The van der Waals surface area contributed by atoms with Crippen molar-refractivity contribution >= 4 is 5.97 Å². The SMILES string of the molecule is COc1cc(C(=O)O[C@@H]2O[C@@H](CO)[C@@H](O)[C@@H](O)[C@@H]2O)cc(O)c1OC. The van der Waals surface area contributed by atoms with Gasteiger partial charge in [-0.15, -0.1) is 0 Å². The van der Waals surface area contributed by atoms with Gasteiger partial charge in [0.2, 0.25) is 12.0 Å². The van der Waals surface area contributed by atoms with Crippen molar-refractivity contribution in [3.63, 3.8) is 0 Å². The summed E-state index contributed by atoms with van der Waals surface area (Å²) in [6.07, 6.45) is -7.81. The Morgan fingerprint density at radius 3 is 2.36 bits per heavy atom. The Morgan fingerprint density at radius 2 is 1.80 bits per heavy atom. The Balaban J connectivity index is 2.20. The van der Waals surface area contributed by atoms with Gasteiger partial charge in [0.25, 0.3) is 0 Å². The lowest BCUT2D eigenvalue weighted by Crippen LogP contribution is -2.59. The molecule has 1 aliphatic rings. The van der Waals surface area contributed by atoms with E-state index in [4.69, 9.17) is 24.1 Å². The lowest BCUT2D eigenvalue weighted by molar-refractivity contribution is -0.285. The molecule has 140 valence electrons. The Hall–Kier alpha value is -2.11. The van der Waals surface area contributed by atoms with Gasteiger partial charge in [-0.1, -0.05) is 0 Å². The summed E-state index contributed by atoms with van der Waals surface area (Å²) >= 11 is 0. The number of methoxy groups -OCH3 is 2. The number of benzene rings is 1. The minimum atomic E-state index is -1.73. The summed E-state index contributed by atoms with van der Waals surface area (Å²) in [5, 5.41) is 48.2. The number of aliphatic hydroxyl groups is 4. The number of esters is 1. The molecule has 0 unspecified atom stereocenters. The second kappa shape index (κ2) is 7.85. The van der Waals surface area contributed by atoms with Crippen LogP contribution >= 0.6 is 0 Å². The van der Waals surface area contributed by atoms with E-state index >= 15 is 0 Å². The van der Waals surface area contributed by atoms with Crippen LogP contribution in [0, 0.1) is 0 Å². The minimum Gasteiger partial charge on any atom is -0.504 e. The molecule has 25 heavy (non-hydrogen) atoms. The summed E-state index contributed by atoms with van der Waals surface area (Å²) in [7, 11) is 2.62. The van der Waals surface area contributed by atoms with Crippen LogP contribution in [0.5, 0.6) is 17.2 Å². The van der Waals surface area contributed by atoms with Crippen molar-refractivity contribution < 1.29 is 49.3 Å². The minimum absolute atomic E-state index is 0.0203. The summed E-state index contributed by atoms with van der Waals surface area (Å²) in [6, 6.07) is 2.30. The van der Waals surface area contributed by atoms with E-state index in [0.29, 0.717) is 0 Å². The van der Waals surface area contributed by atoms with Crippen LogP contribution < -0.4 is 9.47 Å². The Kier molecular flexibility index (Phi) is 6.03. The van der Waals surface area contributed by atoms with Gasteiger partial charge < -0.3 is 44.5 Å². The van der Waals surface area contributed by atoms with Crippen molar-refractivity contribution in [1.29, 1.82) is 0 Å². The molecule has 10 nitrogen and oxygen atoms in total. The maximum absolute atomic E-state index is 12.2. The molecular formula is C15H20O10. The molecule has 1 heterocycles. The number of phenols is 1. The van der Waals surface area contributed by atoms with Gasteiger partial charge in [0.15, 0.2) is 11.5 Å². The molecule has 2 rings (SSSR count). The molecule has 0 amide bonds. The fourth-order valence-corrected chi connectivity index (χ4v) is 2.40. The summed E-state index contributed by atoms with van der Waals surface area (Å²) in [6.45, 7) is -0.657. The van der Waals surface area contributed by atoms with Crippen LogP contribution in [0.1, 0.15) is 10.4 Å². The fourth-order valence-electron chi connectivity index (χ4n) is 2.40. The van der Waals surface area contributed by atoms with Gasteiger partial charge in [-0.3, -0.25) is 0 Å². The number of rotatable bonds is 5. The summed E-state index contributed by atoms with van der Waals surface area (Å²) in [4.78, 5) is 12.2. The molecular weight excluding hydrogens is 340 g/mol. The monoisotopic (exact) mass is 360 g/mol. The number of hydrogen-bond donors (Lipinski definition) is 5. The number of ether oxygens (including phenoxy) is 4. The van der Waals surface area contributed by atoms with E-state index in [1.54, 1.807) is 0 Å². The number of aromatic hydroxyl groups is 1. The number of hydrogen-bond acceptors (Lipinski definition) is 10. The molecule has 1 fully saturated rings. The quantitative estimate of drug-likeness (QED) is 0.386. The van der Waals surface area contributed by atoms with E-state index in [1.165, 1.54) is 20.3 Å². The second-order valence-electron chi connectivity index (χ2n) is 5.33. The normalized spacial score (nSPS) is 29.1. The molecule has 5 atom stereocenters. The number of carbonyl (C=O) groups excluding carboxylic acids is 1. The third-order valence-corrected chi connectivity index (χ3v) is 3.77. The molecule has 5 N–H and O–H groups in total. The fraction of sp³-hybridized carbons (Fsp3) is 0.533. The molecule has 0 aliphatic carbocycles. The Bertz CT molecular complexity index is 617. The first-order valence-electron chi connectivity index (χ1n) is 7.30. The van der Waals surface area contributed by atoms with Crippen molar-refractivity contribution in [2.24, 2.45) is 0 Å². The van der Waals surface area contributed by atoms with Crippen LogP contribution in [-0.4, -0.2) is 83.0 Å². The summed E-state index contributed by atoms with van der Waals surface area (Å²) < 4.78 is 20.0. The van der Waals surface area contributed by atoms with Gasteiger partial charge in [-0.05, 0) is 12.1 Å². The molecule has 0 spiro atoms. The summed E-state index contributed by atoms with van der Waals surface area (Å²) in [5.74, 6) is -1.28. The van der Waals surface area contributed by atoms with E-state index in [0.717, 1.165) is 6.07 Å². The molecule has 1 aliphatic heterocycles. The molecule has 10 heteroatoms. The van der Waals surface area contributed by atoms with Crippen LogP contribution in [0.15, 0.2) is 12.1 Å². The molecule has 0 bridgehead atoms. The van der Waals surface area contributed by atoms with E-state index in [-0.39, 0.29) is 22.8 Å². The first kappa shape index (κ1) is 19.2.